The van der Waals surface area contributed by atoms with Crippen LogP contribution in [-0.2, 0) is 16.0 Å². The lowest BCUT2D eigenvalue weighted by Crippen LogP contribution is -2.15. The van der Waals surface area contributed by atoms with Gasteiger partial charge in [-0.05, 0) is 28.5 Å². The average molecular weight is 334 g/mol. The highest BCUT2D eigenvalue weighted by Crippen LogP contribution is 2.19. The second kappa shape index (κ2) is 7.62. The van der Waals surface area contributed by atoms with Crippen LogP contribution in [0.3, 0.4) is 0 Å². The summed E-state index contributed by atoms with van der Waals surface area (Å²) in [7, 11) is 1.54. The lowest BCUT2D eigenvalue weighted by Gasteiger charge is -2.08. The molecule has 25 heavy (non-hydrogen) atoms. The van der Waals surface area contributed by atoms with Gasteiger partial charge in [-0.1, -0.05) is 54.6 Å². The Bertz CT molecular complexity index is 909. The van der Waals surface area contributed by atoms with Gasteiger partial charge in [0.1, 0.15) is 5.75 Å². The van der Waals surface area contributed by atoms with E-state index < -0.39 is 5.97 Å². The van der Waals surface area contributed by atoms with Gasteiger partial charge < -0.3 is 9.47 Å². The summed E-state index contributed by atoms with van der Waals surface area (Å²) in [6.07, 6.45) is 0.132. The number of rotatable bonds is 6. The van der Waals surface area contributed by atoms with Gasteiger partial charge in [0.2, 0.25) is 0 Å². The van der Waals surface area contributed by atoms with Crippen molar-refractivity contribution in [1.82, 2.24) is 0 Å². The van der Waals surface area contributed by atoms with Crippen molar-refractivity contribution >= 4 is 22.5 Å². The van der Waals surface area contributed by atoms with Crippen LogP contribution >= 0.6 is 0 Å². The van der Waals surface area contributed by atoms with Crippen LogP contribution in [0.2, 0.25) is 0 Å². The second-order valence-electron chi connectivity index (χ2n) is 5.63. The molecule has 0 aromatic heterocycles. The van der Waals surface area contributed by atoms with Gasteiger partial charge in [0.05, 0.1) is 13.5 Å². The fourth-order valence-electron chi connectivity index (χ4n) is 2.68. The highest BCUT2D eigenvalue weighted by atomic mass is 16.5. The van der Waals surface area contributed by atoms with Crippen molar-refractivity contribution in [2.75, 3.05) is 13.7 Å². The number of methoxy groups -OCH3 is 1. The first-order valence-electron chi connectivity index (χ1n) is 7.97. The molecule has 0 aliphatic carbocycles. The van der Waals surface area contributed by atoms with Crippen LogP contribution in [-0.4, -0.2) is 25.5 Å². The molecule has 3 rings (SSSR count). The summed E-state index contributed by atoms with van der Waals surface area (Å²) in [6, 6.07) is 20.4. The number of hydrogen-bond donors (Lipinski definition) is 0. The number of ether oxygens (including phenoxy) is 2. The molecular weight excluding hydrogens is 316 g/mol. The number of hydrogen-bond acceptors (Lipinski definition) is 4. The molecule has 0 spiro atoms. The van der Waals surface area contributed by atoms with Gasteiger partial charge in [-0.15, -0.1) is 0 Å². The maximum Gasteiger partial charge on any atom is 0.310 e. The molecular formula is C21H18O4. The van der Waals surface area contributed by atoms with Crippen molar-refractivity contribution in [3.05, 3.63) is 77.9 Å². The molecule has 0 radical (unpaired) electrons. The summed E-state index contributed by atoms with van der Waals surface area (Å²) in [6.45, 7) is -0.281. The fourth-order valence-corrected chi connectivity index (χ4v) is 2.68. The smallest absolute Gasteiger partial charge is 0.310 e. The van der Waals surface area contributed by atoms with E-state index in [2.05, 4.69) is 0 Å². The maximum absolute atomic E-state index is 12.1. The zero-order valence-electron chi connectivity index (χ0n) is 13.9. The summed E-state index contributed by atoms with van der Waals surface area (Å²) >= 11 is 0. The second-order valence-corrected chi connectivity index (χ2v) is 5.63. The molecule has 4 heteroatoms. The van der Waals surface area contributed by atoms with Crippen LogP contribution in [0.25, 0.3) is 10.8 Å². The van der Waals surface area contributed by atoms with Crippen molar-refractivity contribution in [3.63, 3.8) is 0 Å². The van der Waals surface area contributed by atoms with Crippen LogP contribution in [0.4, 0.5) is 0 Å². The Morgan fingerprint density at radius 3 is 2.52 bits per heavy atom. The third-order valence-electron chi connectivity index (χ3n) is 3.97. The summed E-state index contributed by atoms with van der Waals surface area (Å²) in [4.78, 5) is 24.3. The van der Waals surface area contributed by atoms with E-state index in [4.69, 9.17) is 9.47 Å². The molecule has 4 nitrogen and oxygen atoms in total. The summed E-state index contributed by atoms with van der Waals surface area (Å²) < 4.78 is 10.2. The topological polar surface area (TPSA) is 52.6 Å². The molecule has 0 unspecified atom stereocenters. The Labute approximate surface area is 146 Å². The van der Waals surface area contributed by atoms with Crippen molar-refractivity contribution in [3.8, 4) is 5.75 Å². The fraction of sp³-hybridized carbons (Fsp3) is 0.143. The monoisotopic (exact) mass is 334 g/mol. The Kier molecular flexibility index (Phi) is 5.09. The van der Waals surface area contributed by atoms with Gasteiger partial charge in [-0.3, -0.25) is 9.59 Å². The molecule has 0 bridgehead atoms. The van der Waals surface area contributed by atoms with E-state index in [0.29, 0.717) is 11.3 Å². The standard InChI is InChI=1S/C21H18O4/c1-24-18-10-5-9-17(12-18)20(22)14-25-21(23)13-16-8-4-7-15-6-2-3-11-19(15)16/h2-12H,13-14H2,1H3. The van der Waals surface area contributed by atoms with Gasteiger partial charge in [-0.25, -0.2) is 0 Å². The Morgan fingerprint density at radius 1 is 0.920 bits per heavy atom. The number of esters is 1. The van der Waals surface area contributed by atoms with Crippen LogP contribution in [0.5, 0.6) is 5.75 Å². The average Bonchev–Trinajstić information content (AvgIpc) is 2.66. The predicted octanol–water partition coefficient (Wildman–Crippen LogP) is 3.82. The number of ketones is 1. The molecule has 0 aliphatic rings. The van der Waals surface area contributed by atoms with Gasteiger partial charge in [-0.2, -0.15) is 0 Å². The molecule has 0 saturated carbocycles. The first-order chi connectivity index (χ1) is 12.2. The van der Waals surface area contributed by atoms with Crippen molar-refractivity contribution in [2.45, 2.75) is 6.42 Å². The lowest BCUT2D eigenvalue weighted by molar-refractivity contribution is -0.141. The van der Waals surface area contributed by atoms with E-state index in [1.165, 1.54) is 7.11 Å². The lowest BCUT2D eigenvalue weighted by atomic mass is 10.0. The number of fused-ring (bicyclic) bond motifs is 1. The van der Waals surface area contributed by atoms with Crippen molar-refractivity contribution in [2.24, 2.45) is 0 Å². The van der Waals surface area contributed by atoms with E-state index in [1.54, 1.807) is 24.3 Å². The largest absolute Gasteiger partial charge is 0.497 e. The Morgan fingerprint density at radius 2 is 1.68 bits per heavy atom. The summed E-state index contributed by atoms with van der Waals surface area (Å²) in [5, 5.41) is 2.08. The van der Waals surface area contributed by atoms with Gasteiger partial charge in [0, 0.05) is 5.56 Å². The molecule has 126 valence electrons. The van der Waals surface area contributed by atoms with Gasteiger partial charge >= 0.3 is 5.97 Å². The van der Waals surface area contributed by atoms with Gasteiger partial charge in [0.15, 0.2) is 12.4 Å². The van der Waals surface area contributed by atoms with E-state index in [-0.39, 0.29) is 18.8 Å². The molecule has 0 saturated heterocycles. The normalized spacial score (nSPS) is 10.4. The number of benzene rings is 3. The van der Waals surface area contributed by atoms with Crippen LogP contribution in [0, 0.1) is 0 Å². The molecule has 0 aliphatic heterocycles. The first kappa shape index (κ1) is 16.7. The quantitative estimate of drug-likeness (QED) is 0.508. The molecule has 0 N–H and O–H groups in total. The molecule has 3 aromatic carbocycles. The summed E-state index contributed by atoms with van der Waals surface area (Å²) in [5.41, 5.74) is 1.34. The minimum Gasteiger partial charge on any atom is -0.497 e. The maximum atomic E-state index is 12.1. The van der Waals surface area contributed by atoms with E-state index >= 15 is 0 Å². The third-order valence-corrected chi connectivity index (χ3v) is 3.97. The Balaban J connectivity index is 1.63. The molecule has 0 atom stereocenters. The van der Waals surface area contributed by atoms with Gasteiger partial charge in [0.25, 0.3) is 0 Å². The van der Waals surface area contributed by atoms with Crippen molar-refractivity contribution in [1.29, 1.82) is 0 Å². The Hall–Kier alpha value is -3.14. The minimum absolute atomic E-state index is 0.132. The van der Waals surface area contributed by atoms with E-state index in [1.807, 2.05) is 42.5 Å². The number of carbonyl (C=O) groups excluding carboxylic acids is 2. The molecule has 0 heterocycles. The van der Waals surface area contributed by atoms with Crippen LogP contribution in [0.15, 0.2) is 66.7 Å². The van der Waals surface area contributed by atoms with Crippen LogP contribution in [0.1, 0.15) is 15.9 Å². The number of Topliss-reactive ketones (excluding diaryl/α,β-unsaturated/α-hetero) is 1. The molecule has 0 amide bonds. The minimum atomic E-state index is -0.424. The highest BCUT2D eigenvalue weighted by molar-refractivity contribution is 5.98. The van der Waals surface area contributed by atoms with E-state index in [0.717, 1.165) is 16.3 Å². The summed E-state index contributed by atoms with van der Waals surface area (Å²) in [5.74, 6) is -0.0919. The third kappa shape index (κ3) is 4.04. The zero-order valence-corrected chi connectivity index (χ0v) is 13.9. The first-order valence-corrected chi connectivity index (χ1v) is 7.97. The zero-order chi connectivity index (χ0) is 17.6. The van der Waals surface area contributed by atoms with E-state index in [9.17, 15) is 9.59 Å². The predicted molar refractivity (Wildman–Crippen MR) is 95.9 cm³/mol. The van der Waals surface area contributed by atoms with Crippen LogP contribution < -0.4 is 4.74 Å². The van der Waals surface area contributed by atoms with Crippen molar-refractivity contribution < 1.29 is 19.1 Å². The number of carbonyl (C=O) groups is 2. The molecule has 3 aromatic rings. The SMILES string of the molecule is COc1cccc(C(=O)COC(=O)Cc2cccc3ccccc23)c1. The highest BCUT2D eigenvalue weighted by Gasteiger charge is 2.12. The molecule has 0 fully saturated rings.